The molecule has 202 valence electrons. The fourth-order valence-corrected chi connectivity index (χ4v) is 8.00. The number of carbonyl (C=O) groups excluding carboxylic acids is 3. The molecule has 2 fully saturated rings. The zero-order valence-electron chi connectivity index (χ0n) is 22.0. The fourth-order valence-electron chi connectivity index (χ4n) is 7.84. The van der Waals surface area contributed by atoms with E-state index in [1.165, 1.54) is 0 Å². The van der Waals surface area contributed by atoms with E-state index < -0.39 is 16.9 Å². The summed E-state index contributed by atoms with van der Waals surface area (Å²) in [5.41, 5.74) is 0.862. The first-order chi connectivity index (χ1) is 19.4. The molecule has 0 aromatic heterocycles. The van der Waals surface area contributed by atoms with E-state index in [-0.39, 0.29) is 23.6 Å². The van der Waals surface area contributed by atoms with Gasteiger partial charge in [-0.05, 0) is 61.7 Å². The van der Waals surface area contributed by atoms with Crippen LogP contribution in [0.1, 0.15) is 39.9 Å². The number of para-hydroxylation sites is 1. The third-order valence-electron chi connectivity index (χ3n) is 9.23. The highest BCUT2D eigenvalue weighted by atomic mass is 35.5. The summed E-state index contributed by atoms with van der Waals surface area (Å²) in [7, 11) is 0. The number of ketones is 1. The standard InChI is InChI=1S/C32H28ClN3O4/c1-3-16-40-20-9-6-8-19(17-20)28(37)26-25-12-7-15-36(25)32(22-13-14-23(33)18(2)27(22)35-30(32)39)31(26)21-10-4-5-11-24(21)34-29(31)38/h3-6,8-11,13-14,17,25-26H,1,7,12,15-16H2,2H3,(H,34,38)(H,35,39)/t25-,26-,31+,32+/m0/s1. The van der Waals surface area contributed by atoms with Gasteiger partial charge in [0.2, 0.25) is 5.91 Å². The van der Waals surface area contributed by atoms with Crippen LogP contribution in [0, 0.1) is 12.8 Å². The number of carbonyl (C=O) groups is 3. The Balaban J connectivity index is 1.53. The SMILES string of the molecule is C=CCOc1cccc(C(=O)[C@@H]2[C@@H]3CCCN3[C@]3(C(=O)Nc4c3ccc(Cl)c4C)[C@@]23C(=O)Nc2ccccc23)c1. The van der Waals surface area contributed by atoms with E-state index in [0.717, 1.165) is 12.0 Å². The van der Waals surface area contributed by atoms with E-state index in [1.54, 1.807) is 36.4 Å². The quantitative estimate of drug-likeness (QED) is 0.334. The van der Waals surface area contributed by atoms with Crippen molar-refractivity contribution in [2.24, 2.45) is 5.92 Å². The van der Waals surface area contributed by atoms with Crippen LogP contribution in [-0.4, -0.2) is 41.7 Å². The highest BCUT2D eigenvalue weighted by Gasteiger charge is 2.81. The molecule has 4 aliphatic heterocycles. The minimum Gasteiger partial charge on any atom is -0.490 e. The molecule has 0 aliphatic carbocycles. The normalized spacial score (nSPS) is 27.9. The summed E-state index contributed by atoms with van der Waals surface area (Å²) in [6, 6.07) is 17.8. The molecule has 3 aromatic rings. The second kappa shape index (κ2) is 8.78. The third kappa shape index (κ3) is 2.91. The van der Waals surface area contributed by atoms with E-state index in [1.807, 2.05) is 37.3 Å². The lowest BCUT2D eigenvalue weighted by Crippen LogP contribution is -2.62. The Morgan fingerprint density at radius 1 is 1.10 bits per heavy atom. The summed E-state index contributed by atoms with van der Waals surface area (Å²) >= 11 is 6.50. The van der Waals surface area contributed by atoms with Crippen LogP contribution in [0.5, 0.6) is 5.75 Å². The zero-order valence-corrected chi connectivity index (χ0v) is 22.8. The Hall–Kier alpha value is -3.94. The third-order valence-corrected chi connectivity index (χ3v) is 9.64. The minimum atomic E-state index is -1.50. The van der Waals surface area contributed by atoms with Gasteiger partial charge in [-0.25, -0.2) is 0 Å². The van der Waals surface area contributed by atoms with Crippen molar-refractivity contribution < 1.29 is 19.1 Å². The van der Waals surface area contributed by atoms with E-state index in [9.17, 15) is 14.4 Å². The molecule has 7 rings (SSSR count). The Bertz CT molecular complexity index is 1640. The number of benzene rings is 3. The van der Waals surface area contributed by atoms with Gasteiger partial charge in [0, 0.05) is 27.9 Å². The number of Topliss-reactive ketones (excluding diaryl/α,β-unsaturated/α-hetero) is 1. The van der Waals surface area contributed by atoms with Gasteiger partial charge in [0.25, 0.3) is 5.91 Å². The molecule has 0 bridgehead atoms. The summed E-state index contributed by atoms with van der Waals surface area (Å²) in [5.74, 6) is -1.10. The highest BCUT2D eigenvalue weighted by molar-refractivity contribution is 6.32. The first-order valence-corrected chi connectivity index (χ1v) is 13.9. The Kier molecular flexibility index (Phi) is 5.50. The van der Waals surface area contributed by atoms with E-state index in [2.05, 4.69) is 22.1 Å². The second-order valence-corrected chi connectivity index (χ2v) is 11.3. The smallest absolute Gasteiger partial charge is 0.251 e. The minimum absolute atomic E-state index is 0.184. The molecule has 40 heavy (non-hydrogen) atoms. The van der Waals surface area contributed by atoms with E-state index >= 15 is 0 Å². The predicted molar refractivity (Wildman–Crippen MR) is 153 cm³/mol. The molecule has 7 nitrogen and oxygen atoms in total. The molecule has 0 unspecified atom stereocenters. The molecule has 3 aromatic carbocycles. The van der Waals surface area contributed by atoms with Crippen molar-refractivity contribution in [1.82, 2.24) is 4.90 Å². The van der Waals surface area contributed by atoms with Crippen molar-refractivity contribution in [2.75, 3.05) is 23.8 Å². The van der Waals surface area contributed by atoms with Crippen molar-refractivity contribution in [2.45, 2.75) is 36.8 Å². The lowest BCUT2D eigenvalue weighted by Gasteiger charge is -2.43. The number of nitrogens with zero attached hydrogens (tertiary/aromatic N) is 1. The van der Waals surface area contributed by atoms with Crippen LogP contribution in [0.25, 0.3) is 0 Å². The van der Waals surface area contributed by atoms with Crippen molar-refractivity contribution >= 4 is 40.6 Å². The monoisotopic (exact) mass is 553 g/mol. The first-order valence-electron chi connectivity index (χ1n) is 13.5. The number of halogens is 1. The number of nitrogens with one attached hydrogen (secondary N) is 2. The molecule has 4 atom stereocenters. The topological polar surface area (TPSA) is 87.7 Å². The summed E-state index contributed by atoms with van der Waals surface area (Å²) in [4.78, 5) is 46.0. The van der Waals surface area contributed by atoms with Gasteiger partial charge in [0.1, 0.15) is 23.3 Å². The number of amides is 2. The molecular weight excluding hydrogens is 526 g/mol. The van der Waals surface area contributed by atoms with Gasteiger partial charge in [-0.3, -0.25) is 19.3 Å². The number of hydrogen-bond acceptors (Lipinski definition) is 5. The number of rotatable bonds is 5. The van der Waals surface area contributed by atoms with Crippen LogP contribution in [0.3, 0.4) is 0 Å². The lowest BCUT2D eigenvalue weighted by molar-refractivity contribution is -0.137. The fraction of sp³-hybridized carbons (Fsp3) is 0.281. The molecule has 0 radical (unpaired) electrons. The summed E-state index contributed by atoms with van der Waals surface area (Å²) in [5, 5.41) is 6.69. The average Bonchev–Trinajstić information content (AvgIpc) is 3.68. The van der Waals surface area contributed by atoms with Gasteiger partial charge in [-0.15, -0.1) is 0 Å². The largest absolute Gasteiger partial charge is 0.490 e. The summed E-state index contributed by atoms with van der Waals surface area (Å²) in [6.45, 7) is 6.46. The van der Waals surface area contributed by atoms with E-state index in [0.29, 0.717) is 58.4 Å². The number of anilines is 2. The van der Waals surface area contributed by atoms with Crippen molar-refractivity contribution in [3.63, 3.8) is 0 Å². The molecule has 2 saturated heterocycles. The average molecular weight is 554 g/mol. The molecule has 0 saturated carbocycles. The van der Waals surface area contributed by atoms with Gasteiger partial charge < -0.3 is 15.4 Å². The van der Waals surface area contributed by atoms with Crippen LogP contribution in [0.2, 0.25) is 5.02 Å². The summed E-state index contributed by atoms with van der Waals surface area (Å²) in [6.07, 6.45) is 3.15. The number of hydrogen-bond donors (Lipinski definition) is 2. The van der Waals surface area contributed by atoms with Gasteiger partial charge in [-0.1, -0.05) is 60.7 Å². The number of ether oxygens (including phenoxy) is 1. The van der Waals surface area contributed by atoms with E-state index in [4.69, 9.17) is 16.3 Å². The summed E-state index contributed by atoms with van der Waals surface area (Å²) < 4.78 is 5.73. The van der Waals surface area contributed by atoms with Crippen molar-refractivity contribution in [1.29, 1.82) is 0 Å². The highest BCUT2D eigenvalue weighted by Crippen LogP contribution is 2.68. The van der Waals surface area contributed by atoms with Crippen LogP contribution >= 0.6 is 11.6 Å². The molecule has 2 N–H and O–H groups in total. The molecule has 8 heteroatoms. The van der Waals surface area contributed by atoms with Crippen LogP contribution in [0.15, 0.2) is 73.3 Å². The molecule has 2 spiro atoms. The maximum atomic E-state index is 14.8. The van der Waals surface area contributed by atoms with Crippen LogP contribution < -0.4 is 15.4 Å². The van der Waals surface area contributed by atoms with Gasteiger partial charge in [-0.2, -0.15) is 0 Å². The molecule has 2 amide bonds. The van der Waals surface area contributed by atoms with Gasteiger partial charge in [0.05, 0.1) is 11.6 Å². The maximum Gasteiger partial charge on any atom is 0.251 e. The lowest BCUT2D eigenvalue weighted by atomic mass is 9.57. The maximum absolute atomic E-state index is 14.8. The van der Waals surface area contributed by atoms with Gasteiger partial charge >= 0.3 is 0 Å². The van der Waals surface area contributed by atoms with Crippen LogP contribution in [-0.2, 0) is 20.5 Å². The first kappa shape index (κ1) is 25.1. The Morgan fingerprint density at radius 2 is 1.93 bits per heavy atom. The number of fused-ring (bicyclic) bond motifs is 7. The second-order valence-electron chi connectivity index (χ2n) is 10.9. The Labute approximate surface area is 237 Å². The van der Waals surface area contributed by atoms with Gasteiger partial charge in [0.15, 0.2) is 5.78 Å². The van der Waals surface area contributed by atoms with Crippen molar-refractivity contribution in [3.05, 3.63) is 101 Å². The molecule has 4 heterocycles. The predicted octanol–water partition coefficient (Wildman–Crippen LogP) is 5.23. The van der Waals surface area contributed by atoms with Crippen molar-refractivity contribution in [3.8, 4) is 5.75 Å². The molecular formula is C32H28ClN3O4. The van der Waals surface area contributed by atoms with Crippen LogP contribution in [0.4, 0.5) is 11.4 Å². The zero-order chi connectivity index (χ0) is 27.8. The molecule has 4 aliphatic rings. The Morgan fingerprint density at radius 3 is 2.75 bits per heavy atom.